The molecule has 1 saturated heterocycles. The Hall–Kier alpha value is -2.78. The van der Waals surface area contributed by atoms with Crippen molar-refractivity contribution in [2.75, 3.05) is 13.1 Å². The van der Waals surface area contributed by atoms with Gasteiger partial charge in [0.05, 0.1) is 16.5 Å². The van der Waals surface area contributed by atoms with E-state index in [1.54, 1.807) is 73.3 Å². The minimum atomic E-state index is -3.90. The number of fused-ring (bicyclic) bond motifs is 3. The Morgan fingerprint density at radius 1 is 1.10 bits per heavy atom. The SMILES string of the molecule is CC(C)(O)CCNC(=O)N1CC[C@@]2(S(=O)(=O)c3ccccc3)c3ccc(OCc4c(Cl)cccc4Cl)cc3CC[C@@H]12. The molecule has 0 saturated carbocycles. The van der Waals surface area contributed by atoms with Crippen molar-refractivity contribution in [3.05, 3.63) is 93.5 Å². The van der Waals surface area contributed by atoms with Crippen molar-refractivity contribution < 1.29 is 23.1 Å². The Bertz CT molecular complexity index is 1520. The number of likely N-dealkylation sites (tertiary alicyclic amines) is 1. The summed E-state index contributed by atoms with van der Waals surface area (Å²) in [5.74, 6) is 0.588. The molecule has 2 amide bonds. The summed E-state index contributed by atoms with van der Waals surface area (Å²) in [6.45, 7) is 4.13. The van der Waals surface area contributed by atoms with E-state index in [0.29, 0.717) is 52.7 Å². The highest BCUT2D eigenvalue weighted by Crippen LogP contribution is 2.53. The average Bonchev–Trinajstić information content (AvgIpc) is 3.34. The zero-order valence-electron chi connectivity index (χ0n) is 23.1. The number of nitrogens with one attached hydrogen (secondary N) is 1. The second kappa shape index (κ2) is 11.5. The van der Waals surface area contributed by atoms with E-state index in [0.717, 1.165) is 5.56 Å². The summed E-state index contributed by atoms with van der Waals surface area (Å²) in [6.07, 6.45) is 1.73. The molecule has 0 spiro atoms. The zero-order chi connectivity index (χ0) is 29.4. The fourth-order valence-corrected chi connectivity index (χ4v) is 8.94. The van der Waals surface area contributed by atoms with Gasteiger partial charge in [0.15, 0.2) is 9.84 Å². The summed E-state index contributed by atoms with van der Waals surface area (Å²) in [6, 6.07) is 18.4. The van der Waals surface area contributed by atoms with Gasteiger partial charge in [0.25, 0.3) is 0 Å². The highest BCUT2D eigenvalue weighted by atomic mass is 35.5. The fourth-order valence-electron chi connectivity index (χ4n) is 6.05. The van der Waals surface area contributed by atoms with Gasteiger partial charge in [-0.25, -0.2) is 13.2 Å². The van der Waals surface area contributed by atoms with Crippen LogP contribution in [0, 0.1) is 0 Å². The molecular weight excluding hydrogens is 583 g/mol. The van der Waals surface area contributed by atoms with Crippen molar-refractivity contribution in [1.29, 1.82) is 0 Å². The Morgan fingerprint density at radius 3 is 2.49 bits per heavy atom. The van der Waals surface area contributed by atoms with Gasteiger partial charge in [-0.15, -0.1) is 0 Å². The average molecular weight is 618 g/mol. The van der Waals surface area contributed by atoms with Crippen molar-refractivity contribution in [2.45, 2.75) is 67.4 Å². The van der Waals surface area contributed by atoms with Crippen molar-refractivity contribution >= 4 is 39.1 Å². The topological polar surface area (TPSA) is 95.9 Å². The molecule has 0 radical (unpaired) electrons. The number of urea groups is 1. The molecule has 2 aliphatic rings. The van der Waals surface area contributed by atoms with Crippen molar-refractivity contribution in [3.8, 4) is 5.75 Å². The molecule has 1 fully saturated rings. The predicted octanol–water partition coefficient (Wildman–Crippen LogP) is 6.13. The smallest absolute Gasteiger partial charge is 0.317 e. The highest BCUT2D eigenvalue weighted by Gasteiger charge is 2.60. The number of nitrogens with zero attached hydrogens (tertiary/aromatic N) is 1. The number of ether oxygens (including phenoxy) is 1. The van der Waals surface area contributed by atoms with Crippen LogP contribution in [-0.2, 0) is 27.6 Å². The standard InChI is InChI=1S/C31H34Cl2N2O5S/c1-30(2,37)15-17-34-29(36)35-18-16-31(41(38,39)23-7-4-3-5-8-23)25-13-12-22(19-21(25)11-14-28(31)35)40-20-24-26(32)9-6-10-27(24)33/h3-10,12-13,19,28,37H,11,14-18,20H2,1-2H3,(H,34,36)/t28-,31-/m1/s1. The quantitative estimate of drug-likeness (QED) is 0.317. The maximum absolute atomic E-state index is 14.5. The molecule has 1 aliphatic heterocycles. The number of hydrogen-bond donors (Lipinski definition) is 2. The third-order valence-electron chi connectivity index (χ3n) is 8.11. The van der Waals surface area contributed by atoms with Gasteiger partial charge in [0, 0.05) is 28.7 Å². The number of sulfone groups is 1. The van der Waals surface area contributed by atoms with Crippen molar-refractivity contribution in [1.82, 2.24) is 10.2 Å². The van der Waals surface area contributed by atoms with E-state index >= 15 is 0 Å². The van der Waals surface area contributed by atoms with Crippen LogP contribution >= 0.6 is 23.2 Å². The maximum Gasteiger partial charge on any atom is 0.317 e. The molecule has 1 aliphatic carbocycles. The summed E-state index contributed by atoms with van der Waals surface area (Å²) >= 11 is 12.6. The van der Waals surface area contributed by atoms with Crippen molar-refractivity contribution in [2.24, 2.45) is 0 Å². The third-order valence-corrected chi connectivity index (χ3v) is 11.4. The van der Waals surface area contributed by atoms with Gasteiger partial charge in [0.1, 0.15) is 17.1 Å². The first-order valence-electron chi connectivity index (χ1n) is 13.7. The second-order valence-corrected chi connectivity index (χ2v) is 14.3. The summed E-state index contributed by atoms with van der Waals surface area (Å²) in [5.41, 5.74) is 1.35. The van der Waals surface area contributed by atoms with Crippen molar-refractivity contribution in [3.63, 3.8) is 0 Å². The van der Waals surface area contributed by atoms with Crippen LogP contribution in [0.3, 0.4) is 0 Å². The molecule has 0 bridgehead atoms. The van der Waals surface area contributed by atoms with Crippen LogP contribution in [0.15, 0.2) is 71.6 Å². The third kappa shape index (κ3) is 5.67. The maximum atomic E-state index is 14.5. The monoisotopic (exact) mass is 616 g/mol. The van der Waals surface area contributed by atoms with Crippen LogP contribution in [0.5, 0.6) is 5.75 Å². The zero-order valence-corrected chi connectivity index (χ0v) is 25.4. The largest absolute Gasteiger partial charge is 0.489 e. The van der Waals surface area contributed by atoms with Gasteiger partial charge < -0.3 is 20.1 Å². The van der Waals surface area contributed by atoms with Crippen LogP contribution in [0.2, 0.25) is 10.0 Å². The molecular formula is C31H34Cl2N2O5S. The molecule has 41 heavy (non-hydrogen) atoms. The Labute approximate surface area is 251 Å². The van der Waals surface area contributed by atoms with Crippen LogP contribution in [0.4, 0.5) is 4.79 Å². The Morgan fingerprint density at radius 2 is 1.80 bits per heavy atom. The molecule has 10 heteroatoms. The lowest BCUT2D eigenvalue weighted by molar-refractivity contribution is 0.0713. The fraction of sp³-hybridized carbons (Fsp3) is 0.387. The van der Waals surface area contributed by atoms with Gasteiger partial charge >= 0.3 is 6.03 Å². The summed E-state index contributed by atoms with van der Waals surface area (Å²) in [5, 5.41) is 14.0. The number of rotatable bonds is 8. The number of carbonyl (C=O) groups is 1. The van der Waals surface area contributed by atoms with Gasteiger partial charge in [-0.1, -0.05) is 53.5 Å². The van der Waals surface area contributed by atoms with Gasteiger partial charge in [-0.05, 0) is 87.1 Å². The van der Waals surface area contributed by atoms with Gasteiger partial charge in [-0.2, -0.15) is 0 Å². The van der Waals surface area contributed by atoms with E-state index in [9.17, 15) is 18.3 Å². The van der Waals surface area contributed by atoms with E-state index in [-0.39, 0.29) is 30.5 Å². The van der Waals surface area contributed by atoms with Gasteiger partial charge in [0.2, 0.25) is 0 Å². The minimum absolute atomic E-state index is 0.173. The summed E-state index contributed by atoms with van der Waals surface area (Å²) in [7, 11) is -3.90. The first kappa shape index (κ1) is 29.7. The molecule has 5 rings (SSSR count). The number of amides is 2. The highest BCUT2D eigenvalue weighted by molar-refractivity contribution is 7.92. The normalized spacial score (nSPS) is 20.3. The number of hydrogen-bond acceptors (Lipinski definition) is 5. The number of carbonyl (C=O) groups excluding carboxylic acids is 1. The van der Waals surface area contributed by atoms with Crippen LogP contribution in [0.25, 0.3) is 0 Å². The molecule has 3 aromatic rings. The second-order valence-electron chi connectivity index (χ2n) is 11.3. The molecule has 2 N–H and O–H groups in total. The van der Waals surface area contributed by atoms with Crippen LogP contribution < -0.4 is 10.1 Å². The molecule has 2 atom stereocenters. The molecule has 1 heterocycles. The number of benzene rings is 3. The molecule has 218 valence electrons. The van der Waals surface area contributed by atoms with Gasteiger partial charge in [-0.3, -0.25) is 0 Å². The first-order chi connectivity index (χ1) is 19.4. The van der Waals surface area contributed by atoms with Crippen LogP contribution in [0.1, 0.15) is 49.8 Å². The van der Waals surface area contributed by atoms with Crippen LogP contribution in [-0.4, -0.2) is 49.2 Å². The lowest BCUT2D eigenvalue weighted by Crippen LogP contribution is -2.54. The molecule has 3 aromatic carbocycles. The lowest BCUT2D eigenvalue weighted by Gasteiger charge is -2.42. The van der Waals surface area contributed by atoms with E-state index < -0.39 is 26.2 Å². The molecule has 0 unspecified atom stereocenters. The lowest BCUT2D eigenvalue weighted by atomic mass is 9.78. The summed E-state index contributed by atoms with van der Waals surface area (Å²) in [4.78, 5) is 15.2. The van der Waals surface area contributed by atoms with E-state index in [1.165, 1.54) is 0 Å². The molecule has 7 nitrogen and oxygen atoms in total. The Kier molecular flexibility index (Phi) is 8.32. The number of aliphatic hydroxyl groups is 1. The first-order valence-corrected chi connectivity index (χ1v) is 15.9. The number of halogens is 2. The van der Waals surface area contributed by atoms with E-state index in [1.807, 2.05) is 12.1 Å². The summed E-state index contributed by atoms with van der Waals surface area (Å²) < 4.78 is 33.7. The van der Waals surface area contributed by atoms with E-state index in [4.69, 9.17) is 27.9 Å². The molecule has 0 aromatic heterocycles. The minimum Gasteiger partial charge on any atom is -0.489 e. The van der Waals surface area contributed by atoms with E-state index in [2.05, 4.69) is 5.32 Å². The Balaban J connectivity index is 1.49. The number of aryl methyl sites for hydroxylation is 1. The predicted molar refractivity (Wildman–Crippen MR) is 160 cm³/mol.